The molecule has 0 aliphatic rings. The summed E-state index contributed by atoms with van der Waals surface area (Å²) in [6.07, 6.45) is -2.74. The quantitative estimate of drug-likeness (QED) is 0.792. The van der Waals surface area contributed by atoms with E-state index in [1.54, 1.807) is 0 Å². The molecule has 0 aliphatic heterocycles. The lowest BCUT2D eigenvalue weighted by Crippen LogP contribution is -2.08. The van der Waals surface area contributed by atoms with Crippen LogP contribution in [0, 0.1) is 5.82 Å². The van der Waals surface area contributed by atoms with Crippen LogP contribution in [0.1, 0.15) is 0 Å². The third kappa shape index (κ3) is 3.57. The van der Waals surface area contributed by atoms with Crippen LogP contribution in [0.25, 0.3) is 0 Å². The van der Waals surface area contributed by atoms with Gasteiger partial charge in [-0.3, -0.25) is 0 Å². The molecule has 8 heteroatoms. The molecule has 0 aromatic heterocycles. The Balaban J connectivity index is 2.92. The van der Waals surface area contributed by atoms with Crippen LogP contribution in [0.15, 0.2) is 23.1 Å². The molecule has 0 fully saturated rings. The van der Waals surface area contributed by atoms with Gasteiger partial charge in [0.2, 0.25) is 0 Å². The molecule has 0 heterocycles. The standard InChI is InChI=1S/C8H6ClF3O3S/c9-16(13,14)5-1-2-7(6(10)3-5)15-4-8(11)12/h1-3,8H,4H2. The molecule has 3 nitrogen and oxygen atoms in total. The second-order valence-corrected chi connectivity index (χ2v) is 5.30. The van der Waals surface area contributed by atoms with Crippen molar-refractivity contribution >= 4 is 19.7 Å². The Kier molecular flexibility index (Phi) is 4.03. The summed E-state index contributed by atoms with van der Waals surface area (Å²) in [6, 6.07) is 2.49. The first kappa shape index (κ1) is 13.1. The van der Waals surface area contributed by atoms with Crippen molar-refractivity contribution in [1.29, 1.82) is 0 Å². The summed E-state index contributed by atoms with van der Waals surface area (Å²) in [5.41, 5.74) is 0. The van der Waals surface area contributed by atoms with E-state index < -0.39 is 38.5 Å². The van der Waals surface area contributed by atoms with E-state index in [1.807, 2.05) is 0 Å². The van der Waals surface area contributed by atoms with E-state index in [0.717, 1.165) is 12.1 Å². The smallest absolute Gasteiger partial charge is 0.272 e. The van der Waals surface area contributed by atoms with Gasteiger partial charge in [-0.25, -0.2) is 21.6 Å². The predicted octanol–water partition coefficient (Wildman–Crippen LogP) is 2.40. The van der Waals surface area contributed by atoms with Crippen molar-refractivity contribution in [2.24, 2.45) is 0 Å². The van der Waals surface area contributed by atoms with E-state index in [2.05, 4.69) is 4.74 Å². The molecule has 0 amide bonds. The third-order valence-electron chi connectivity index (χ3n) is 1.55. The largest absolute Gasteiger partial charge is 0.485 e. The highest BCUT2D eigenvalue weighted by molar-refractivity contribution is 8.13. The molecule has 0 aliphatic carbocycles. The fourth-order valence-electron chi connectivity index (χ4n) is 0.903. The minimum Gasteiger partial charge on any atom is -0.485 e. The van der Waals surface area contributed by atoms with Crippen molar-refractivity contribution < 1.29 is 26.3 Å². The number of hydrogen-bond acceptors (Lipinski definition) is 3. The first-order valence-electron chi connectivity index (χ1n) is 3.96. The molecule has 0 unspecified atom stereocenters. The molecule has 0 bridgehead atoms. The van der Waals surface area contributed by atoms with Crippen LogP contribution in [-0.2, 0) is 9.05 Å². The van der Waals surface area contributed by atoms with Gasteiger partial charge in [-0.15, -0.1) is 0 Å². The minimum absolute atomic E-state index is 0.454. The minimum atomic E-state index is -4.04. The van der Waals surface area contributed by atoms with E-state index in [-0.39, 0.29) is 0 Å². The summed E-state index contributed by atoms with van der Waals surface area (Å²) in [6.45, 7) is -0.968. The first-order valence-corrected chi connectivity index (χ1v) is 6.27. The lowest BCUT2D eigenvalue weighted by Gasteiger charge is -2.06. The first-order chi connectivity index (χ1) is 7.30. The van der Waals surface area contributed by atoms with Gasteiger partial charge in [-0.1, -0.05) is 0 Å². The monoisotopic (exact) mass is 274 g/mol. The normalized spacial score (nSPS) is 11.8. The van der Waals surface area contributed by atoms with Crippen molar-refractivity contribution in [3.05, 3.63) is 24.0 Å². The van der Waals surface area contributed by atoms with Gasteiger partial charge in [0.15, 0.2) is 11.6 Å². The Morgan fingerprint density at radius 1 is 1.38 bits per heavy atom. The van der Waals surface area contributed by atoms with Gasteiger partial charge in [0.05, 0.1) is 4.90 Å². The zero-order valence-electron chi connectivity index (χ0n) is 7.66. The van der Waals surface area contributed by atoms with Crippen molar-refractivity contribution in [2.45, 2.75) is 11.3 Å². The Hall–Kier alpha value is -0.950. The lowest BCUT2D eigenvalue weighted by molar-refractivity contribution is 0.0798. The molecule has 0 saturated carbocycles. The third-order valence-corrected chi connectivity index (χ3v) is 2.90. The Morgan fingerprint density at radius 3 is 2.44 bits per heavy atom. The fraction of sp³-hybridized carbons (Fsp3) is 0.250. The predicted molar refractivity (Wildman–Crippen MR) is 50.9 cm³/mol. The van der Waals surface area contributed by atoms with Crippen LogP contribution in [-0.4, -0.2) is 21.5 Å². The maximum absolute atomic E-state index is 13.1. The maximum atomic E-state index is 13.1. The zero-order valence-corrected chi connectivity index (χ0v) is 9.23. The summed E-state index contributed by atoms with van der Waals surface area (Å²) < 4.78 is 62.7. The molecule has 0 spiro atoms. The number of hydrogen-bond donors (Lipinski definition) is 0. The summed E-state index contributed by atoms with van der Waals surface area (Å²) in [4.78, 5) is -0.462. The van der Waals surface area contributed by atoms with Gasteiger partial charge in [-0.2, -0.15) is 0 Å². The van der Waals surface area contributed by atoms with E-state index in [0.29, 0.717) is 6.07 Å². The van der Waals surface area contributed by atoms with Crippen molar-refractivity contribution in [1.82, 2.24) is 0 Å². The average Bonchev–Trinajstić information content (AvgIpc) is 2.14. The van der Waals surface area contributed by atoms with Crippen molar-refractivity contribution in [3.63, 3.8) is 0 Å². The Labute approximate surface area is 94.2 Å². The summed E-state index contributed by atoms with van der Waals surface area (Å²) >= 11 is 0. The van der Waals surface area contributed by atoms with Crippen LogP contribution in [0.5, 0.6) is 5.75 Å². The van der Waals surface area contributed by atoms with Crippen LogP contribution < -0.4 is 4.74 Å². The number of ether oxygens (including phenoxy) is 1. The molecule has 1 aromatic rings. The van der Waals surface area contributed by atoms with Gasteiger partial charge in [0.25, 0.3) is 15.5 Å². The highest BCUT2D eigenvalue weighted by atomic mass is 35.7. The highest BCUT2D eigenvalue weighted by Crippen LogP contribution is 2.23. The molecular weight excluding hydrogens is 269 g/mol. The van der Waals surface area contributed by atoms with Crippen LogP contribution in [0.4, 0.5) is 13.2 Å². The molecular formula is C8H6ClF3O3S. The SMILES string of the molecule is O=S(=O)(Cl)c1ccc(OCC(F)F)c(F)c1. The second kappa shape index (κ2) is 4.92. The number of rotatable bonds is 4. The van der Waals surface area contributed by atoms with Crippen LogP contribution in [0.2, 0.25) is 0 Å². The number of benzene rings is 1. The number of halogens is 4. The molecule has 1 rings (SSSR count). The number of alkyl halides is 2. The van der Waals surface area contributed by atoms with E-state index in [4.69, 9.17) is 10.7 Å². The van der Waals surface area contributed by atoms with Crippen LogP contribution >= 0.6 is 10.7 Å². The Bertz CT molecular complexity index is 475. The van der Waals surface area contributed by atoms with Crippen molar-refractivity contribution in [2.75, 3.05) is 6.61 Å². The van der Waals surface area contributed by atoms with Gasteiger partial charge in [0, 0.05) is 10.7 Å². The van der Waals surface area contributed by atoms with Crippen molar-refractivity contribution in [3.8, 4) is 5.75 Å². The highest BCUT2D eigenvalue weighted by Gasteiger charge is 2.14. The van der Waals surface area contributed by atoms with E-state index >= 15 is 0 Å². The molecule has 0 saturated heterocycles. The Morgan fingerprint density at radius 2 is 2.00 bits per heavy atom. The van der Waals surface area contributed by atoms with Crippen LogP contribution in [0.3, 0.4) is 0 Å². The van der Waals surface area contributed by atoms with Gasteiger partial charge >= 0.3 is 0 Å². The lowest BCUT2D eigenvalue weighted by atomic mass is 10.3. The second-order valence-electron chi connectivity index (χ2n) is 2.73. The molecule has 0 atom stereocenters. The zero-order chi connectivity index (χ0) is 12.3. The van der Waals surface area contributed by atoms with E-state index in [1.165, 1.54) is 0 Å². The van der Waals surface area contributed by atoms with Gasteiger partial charge in [0.1, 0.15) is 6.61 Å². The molecule has 16 heavy (non-hydrogen) atoms. The van der Waals surface area contributed by atoms with E-state index in [9.17, 15) is 21.6 Å². The maximum Gasteiger partial charge on any atom is 0.272 e. The molecule has 0 radical (unpaired) electrons. The van der Waals surface area contributed by atoms with Gasteiger partial charge in [-0.05, 0) is 18.2 Å². The molecule has 0 N–H and O–H groups in total. The van der Waals surface area contributed by atoms with Gasteiger partial charge < -0.3 is 4.74 Å². The average molecular weight is 275 g/mol. The summed E-state index contributed by atoms with van der Waals surface area (Å²) in [5, 5.41) is 0. The summed E-state index contributed by atoms with van der Waals surface area (Å²) in [5.74, 6) is -1.52. The summed E-state index contributed by atoms with van der Waals surface area (Å²) in [7, 11) is 0.910. The fourth-order valence-corrected chi connectivity index (χ4v) is 1.67. The topological polar surface area (TPSA) is 43.4 Å². The molecule has 1 aromatic carbocycles. The molecule has 90 valence electrons.